The molecular formula is C24H33N5O3. The lowest BCUT2D eigenvalue weighted by Gasteiger charge is -2.35. The molecule has 3 amide bonds. The van der Waals surface area contributed by atoms with Gasteiger partial charge in [-0.05, 0) is 44.0 Å². The molecule has 0 radical (unpaired) electrons. The van der Waals surface area contributed by atoms with Gasteiger partial charge in [0.25, 0.3) is 5.91 Å². The average molecular weight is 440 g/mol. The van der Waals surface area contributed by atoms with Crippen LogP contribution in [-0.2, 0) is 6.54 Å². The van der Waals surface area contributed by atoms with Crippen LogP contribution in [0.25, 0.3) is 11.5 Å². The van der Waals surface area contributed by atoms with Crippen LogP contribution >= 0.6 is 0 Å². The zero-order valence-electron chi connectivity index (χ0n) is 19.0. The monoisotopic (exact) mass is 439 g/mol. The van der Waals surface area contributed by atoms with E-state index in [4.69, 9.17) is 9.40 Å². The zero-order valence-corrected chi connectivity index (χ0v) is 19.0. The topological polar surface area (TPSA) is 90.7 Å². The van der Waals surface area contributed by atoms with E-state index in [1.54, 1.807) is 19.2 Å². The summed E-state index contributed by atoms with van der Waals surface area (Å²) in [5.41, 5.74) is 2.36. The Morgan fingerprint density at radius 3 is 2.41 bits per heavy atom. The van der Waals surface area contributed by atoms with Gasteiger partial charge in [0.1, 0.15) is 5.76 Å². The highest BCUT2D eigenvalue weighted by molar-refractivity contribution is 5.94. The number of piperazine rings is 1. The molecule has 2 fully saturated rings. The fourth-order valence-corrected chi connectivity index (χ4v) is 4.44. The quantitative estimate of drug-likeness (QED) is 0.747. The molecule has 2 aliphatic rings. The maximum atomic E-state index is 12.6. The van der Waals surface area contributed by atoms with E-state index < -0.39 is 0 Å². The molecule has 8 heteroatoms. The molecular weight excluding hydrogens is 406 g/mol. The van der Waals surface area contributed by atoms with Gasteiger partial charge in [-0.1, -0.05) is 19.3 Å². The Kier molecular flexibility index (Phi) is 7.09. The molecule has 2 heterocycles. The Morgan fingerprint density at radius 1 is 1.06 bits per heavy atom. The van der Waals surface area contributed by atoms with Crippen LogP contribution in [-0.4, -0.2) is 66.0 Å². The highest BCUT2D eigenvalue weighted by atomic mass is 16.4. The molecule has 8 nitrogen and oxygen atoms in total. The number of carbonyl (C=O) groups excluding carboxylic acids is 2. The maximum absolute atomic E-state index is 12.6. The number of hydrogen-bond donors (Lipinski definition) is 2. The molecule has 172 valence electrons. The number of carbonyl (C=O) groups is 2. The Hall–Kier alpha value is -2.87. The third kappa shape index (κ3) is 5.30. The fraction of sp³-hybridized carbons (Fsp3) is 0.542. The highest BCUT2D eigenvalue weighted by Gasteiger charge is 2.25. The van der Waals surface area contributed by atoms with Gasteiger partial charge in [0.2, 0.25) is 5.89 Å². The van der Waals surface area contributed by atoms with Gasteiger partial charge in [-0.2, -0.15) is 0 Å². The van der Waals surface area contributed by atoms with Gasteiger partial charge in [-0.3, -0.25) is 9.69 Å². The minimum Gasteiger partial charge on any atom is -0.441 e. The summed E-state index contributed by atoms with van der Waals surface area (Å²) in [6.07, 6.45) is 5.93. The van der Waals surface area contributed by atoms with Crippen molar-refractivity contribution >= 4 is 11.9 Å². The molecule has 1 aliphatic heterocycles. The molecule has 0 atom stereocenters. The molecule has 2 aromatic rings. The lowest BCUT2D eigenvalue weighted by Crippen LogP contribution is -2.53. The molecule has 1 saturated heterocycles. The number of oxazole rings is 1. The molecule has 4 rings (SSSR count). The molecule has 0 unspecified atom stereocenters. The van der Waals surface area contributed by atoms with E-state index in [9.17, 15) is 9.59 Å². The van der Waals surface area contributed by atoms with Crippen LogP contribution in [0.3, 0.4) is 0 Å². The molecule has 1 aliphatic carbocycles. The molecule has 2 N–H and O–H groups in total. The number of benzene rings is 1. The second-order valence-electron chi connectivity index (χ2n) is 8.73. The second-order valence-corrected chi connectivity index (χ2v) is 8.73. The first-order chi connectivity index (χ1) is 15.5. The second kappa shape index (κ2) is 10.2. The average Bonchev–Trinajstić information content (AvgIpc) is 3.19. The summed E-state index contributed by atoms with van der Waals surface area (Å²) in [7, 11) is 1.61. The van der Waals surface area contributed by atoms with E-state index in [1.165, 1.54) is 19.3 Å². The van der Waals surface area contributed by atoms with E-state index in [0.29, 0.717) is 24.0 Å². The van der Waals surface area contributed by atoms with Crippen LogP contribution in [0, 0.1) is 6.92 Å². The summed E-state index contributed by atoms with van der Waals surface area (Å²) in [5.74, 6) is 1.24. The Labute approximate surface area is 189 Å². The molecule has 0 spiro atoms. The highest BCUT2D eigenvalue weighted by Crippen LogP contribution is 2.23. The van der Waals surface area contributed by atoms with Gasteiger partial charge in [0.15, 0.2) is 0 Å². The fourth-order valence-electron chi connectivity index (χ4n) is 4.44. The largest absolute Gasteiger partial charge is 0.441 e. The SMILES string of the molecule is CNC(=O)c1ccc(-c2nc(CN3CCN(C(=O)NC4CCCCC4)CC3)c(C)o2)cc1. The zero-order chi connectivity index (χ0) is 22.5. The van der Waals surface area contributed by atoms with Crippen LogP contribution in [0.15, 0.2) is 28.7 Å². The maximum Gasteiger partial charge on any atom is 0.317 e. The third-order valence-corrected chi connectivity index (χ3v) is 6.48. The number of urea groups is 1. The molecule has 1 aromatic carbocycles. The first kappa shape index (κ1) is 22.3. The van der Waals surface area contributed by atoms with Gasteiger partial charge in [-0.15, -0.1) is 0 Å². The minimum absolute atomic E-state index is 0.0802. The first-order valence-corrected chi connectivity index (χ1v) is 11.6. The Balaban J connectivity index is 1.30. The van der Waals surface area contributed by atoms with E-state index in [-0.39, 0.29) is 11.9 Å². The van der Waals surface area contributed by atoms with Gasteiger partial charge < -0.3 is 20.0 Å². The van der Waals surface area contributed by atoms with Gasteiger partial charge in [0.05, 0.1) is 5.69 Å². The minimum atomic E-state index is -0.118. The summed E-state index contributed by atoms with van der Waals surface area (Å²) in [6.45, 7) is 5.72. The molecule has 1 saturated carbocycles. The summed E-state index contributed by atoms with van der Waals surface area (Å²) in [6, 6.07) is 7.66. The van der Waals surface area contributed by atoms with Gasteiger partial charge >= 0.3 is 6.03 Å². The van der Waals surface area contributed by atoms with Crippen LogP contribution in [0.2, 0.25) is 0 Å². The first-order valence-electron chi connectivity index (χ1n) is 11.6. The Morgan fingerprint density at radius 2 is 1.75 bits per heavy atom. The Bertz CT molecular complexity index is 926. The van der Waals surface area contributed by atoms with E-state index in [0.717, 1.165) is 56.0 Å². The van der Waals surface area contributed by atoms with Crippen molar-refractivity contribution in [1.29, 1.82) is 0 Å². The summed E-state index contributed by atoms with van der Waals surface area (Å²) >= 11 is 0. The predicted molar refractivity (Wildman–Crippen MR) is 122 cm³/mol. The number of hydrogen-bond acceptors (Lipinski definition) is 5. The van der Waals surface area contributed by atoms with Crippen molar-refractivity contribution in [2.45, 2.75) is 51.6 Å². The lowest BCUT2D eigenvalue weighted by atomic mass is 9.96. The van der Waals surface area contributed by atoms with Crippen molar-refractivity contribution in [3.63, 3.8) is 0 Å². The van der Waals surface area contributed by atoms with E-state index in [1.807, 2.05) is 24.0 Å². The molecule has 32 heavy (non-hydrogen) atoms. The van der Waals surface area contributed by atoms with E-state index >= 15 is 0 Å². The van der Waals surface area contributed by atoms with Crippen molar-refractivity contribution in [1.82, 2.24) is 25.4 Å². The lowest BCUT2D eigenvalue weighted by molar-refractivity contribution is 0.0963. The normalized spacial score (nSPS) is 17.9. The van der Waals surface area contributed by atoms with Gasteiger partial charge in [-0.25, -0.2) is 9.78 Å². The van der Waals surface area contributed by atoms with Crippen molar-refractivity contribution in [3.8, 4) is 11.5 Å². The number of rotatable bonds is 5. The van der Waals surface area contributed by atoms with Crippen LogP contribution in [0.5, 0.6) is 0 Å². The van der Waals surface area contributed by atoms with Crippen LogP contribution in [0.4, 0.5) is 4.79 Å². The molecule has 0 bridgehead atoms. The summed E-state index contributed by atoms with van der Waals surface area (Å²) in [5, 5.41) is 5.83. The van der Waals surface area contributed by atoms with E-state index in [2.05, 4.69) is 15.5 Å². The number of aryl methyl sites for hydroxylation is 1. The van der Waals surface area contributed by atoms with Crippen LogP contribution in [0.1, 0.15) is 53.9 Å². The molecule has 1 aromatic heterocycles. The number of nitrogens with zero attached hydrogens (tertiary/aromatic N) is 3. The summed E-state index contributed by atoms with van der Waals surface area (Å²) < 4.78 is 5.90. The van der Waals surface area contributed by atoms with Crippen molar-refractivity contribution in [3.05, 3.63) is 41.3 Å². The van der Waals surface area contributed by atoms with Crippen LogP contribution < -0.4 is 10.6 Å². The van der Waals surface area contributed by atoms with Crippen molar-refractivity contribution in [2.24, 2.45) is 0 Å². The smallest absolute Gasteiger partial charge is 0.317 e. The van der Waals surface area contributed by atoms with Gasteiger partial charge in [0, 0.05) is 56.9 Å². The number of aromatic nitrogens is 1. The van der Waals surface area contributed by atoms with Crippen molar-refractivity contribution in [2.75, 3.05) is 33.2 Å². The standard InChI is InChI=1S/C24H33N5O3/c1-17-21(27-23(32-17)19-10-8-18(9-11-19)22(30)25-2)16-28-12-14-29(15-13-28)24(31)26-20-6-4-3-5-7-20/h8-11,20H,3-7,12-16H2,1-2H3,(H,25,30)(H,26,31). The number of amides is 3. The van der Waals surface area contributed by atoms with Crippen molar-refractivity contribution < 1.29 is 14.0 Å². The summed E-state index contributed by atoms with van der Waals surface area (Å²) in [4.78, 5) is 33.2. The third-order valence-electron chi connectivity index (χ3n) is 6.48. The predicted octanol–water partition coefficient (Wildman–Crippen LogP) is 3.17. The number of nitrogens with one attached hydrogen (secondary N) is 2.